The largest absolute Gasteiger partial charge is 0.370 e. The van der Waals surface area contributed by atoms with Gasteiger partial charge in [-0.1, -0.05) is 0 Å². The Morgan fingerprint density at radius 3 is 2.04 bits per heavy atom. The number of amides is 2. The molecule has 4 fully saturated rings. The molecule has 4 aliphatic carbocycles. The molecule has 128 valence electrons. The van der Waals surface area contributed by atoms with Crippen LogP contribution in [0.2, 0.25) is 0 Å². The lowest BCUT2D eigenvalue weighted by Gasteiger charge is -2.56. The summed E-state index contributed by atoms with van der Waals surface area (Å²) in [5.74, 6) is 2.47. The molecular weight excluding hydrogens is 302 g/mol. The minimum absolute atomic E-state index is 0.0234. The average Bonchev–Trinajstić information content (AvgIpc) is 2.46. The third kappa shape index (κ3) is 3.05. The first-order chi connectivity index (χ1) is 11.5. The van der Waals surface area contributed by atoms with Crippen molar-refractivity contribution >= 4 is 23.4 Å². The fourth-order valence-corrected chi connectivity index (χ4v) is 5.44. The summed E-state index contributed by atoms with van der Waals surface area (Å²) in [5, 5.41) is 6.24. The van der Waals surface area contributed by atoms with Gasteiger partial charge < -0.3 is 22.1 Å². The summed E-state index contributed by atoms with van der Waals surface area (Å²) in [6, 6.07) is 7.06. The number of nitrogens with one attached hydrogen (secondary N) is 2. The van der Waals surface area contributed by atoms with E-state index in [1.165, 1.54) is 19.3 Å². The number of aliphatic imine (C=N–C) groups is 1. The van der Waals surface area contributed by atoms with E-state index in [0.717, 1.165) is 42.7 Å². The molecule has 0 spiro atoms. The van der Waals surface area contributed by atoms with Crippen LogP contribution in [0, 0.1) is 17.8 Å². The van der Waals surface area contributed by atoms with Crippen LogP contribution < -0.4 is 22.1 Å². The number of benzene rings is 1. The van der Waals surface area contributed by atoms with Gasteiger partial charge >= 0.3 is 6.03 Å². The van der Waals surface area contributed by atoms with Crippen LogP contribution in [0.4, 0.5) is 16.2 Å². The molecule has 6 heteroatoms. The van der Waals surface area contributed by atoms with Crippen LogP contribution in [-0.2, 0) is 0 Å². The molecular formula is C18H25N5O. The number of carbonyl (C=O) groups excluding carboxylic acids is 1. The van der Waals surface area contributed by atoms with Crippen molar-refractivity contribution in [2.24, 2.45) is 34.2 Å². The Labute approximate surface area is 142 Å². The highest BCUT2D eigenvalue weighted by Gasteiger charge is 2.51. The average molecular weight is 327 g/mol. The Balaban J connectivity index is 1.39. The van der Waals surface area contributed by atoms with E-state index in [4.69, 9.17) is 11.5 Å². The molecule has 1 aromatic rings. The van der Waals surface area contributed by atoms with Gasteiger partial charge in [-0.15, -0.1) is 0 Å². The van der Waals surface area contributed by atoms with Crippen molar-refractivity contribution in [1.82, 2.24) is 5.32 Å². The number of hydrogen-bond acceptors (Lipinski definition) is 2. The molecule has 4 saturated carbocycles. The van der Waals surface area contributed by atoms with E-state index >= 15 is 0 Å². The minimum Gasteiger partial charge on any atom is -0.370 e. The fourth-order valence-electron chi connectivity index (χ4n) is 5.44. The maximum Gasteiger partial charge on any atom is 0.319 e. The Morgan fingerprint density at radius 2 is 1.54 bits per heavy atom. The summed E-state index contributed by atoms with van der Waals surface area (Å²) in [5.41, 5.74) is 12.1. The van der Waals surface area contributed by atoms with E-state index in [1.807, 2.05) is 0 Å². The highest BCUT2D eigenvalue weighted by Crippen LogP contribution is 2.55. The SMILES string of the molecule is NC(N)=Nc1ccc(NC(=O)NC23CC4CC(CC(C4)C2)C3)cc1. The standard InChI is InChI=1S/C18H25N5O/c19-16(20)21-14-1-3-15(4-2-14)22-17(24)23-18-8-11-5-12(9-18)7-13(6-11)10-18/h1-4,11-13H,5-10H2,(H4,19,20,21)(H2,22,23,24). The van der Waals surface area contributed by atoms with Gasteiger partial charge in [0, 0.05) is 11.2 Å². The first-order valence-electron chi connectivity index (χ1n) is 8.78. The zero-order chi connectivity index (χ0) is 16.7. The third-order valence-corrected chi connectivity index (χ3v) is 5.80. The highest BCUT2D eigenvalue weighted by atomic mass is 16.2. The molecule has 0 unspecified atom stereocenters. The van der Waals surface area contributed by atoms with Crippen molar-refractivity contribution in [2.45, 2.75) is 44.1 Å². The van der Waals surface area contributed by atoms with Gasteiger partial charge in [-0.25, -0.2) is 9.79 Å². The summed E-state index contributed by atoms with van der Waals surface area (Å²) in [7, 11) is 0. The Morgan fingerprint density at radius 1 is 1.00 bits per heavy atom. The topological polar surface area (TPSA) is 106 Å². The van der Waals surface area contributed by atoms with E-state index in [-0.39, 0.29) is 17.5 Å². The molecule has 0 radical (unpaired) electrons. The van der Waals surface area contributed by atoms with Gasteiger partial charge in [0.25, 0.3) is 0 Å². The van der Waals surface area contributed by atoms with Crippen LogP contribution in [0.15, 0.2) is 29.3 Å². The van der Waals surface area contributed by atoms with Gasteiger partial charge in [0.1, 0.15) is 0 Å². The molecule has 0 atom stereocenters. The van der Waals surface area contributed by atoms with Crippen LogP contribution in [0.25, 0.3) is 0 Å². The summed E-state index contributed by atoms with van der Waals surface area (Å²) in [6.07, 6.45) is 7.56. The molecule has 5 rings (SSSR count). The van der Waals surface area contributed by atoms with Gasteiger partial charge in [0.05, 0.1) is 5.69 Å². The maximum absolute atomic E-state index is 12.5. The number of nitrogens with zero attached hydrogens (tertiary/aromatic N) is 1. The second-order valence-corrected chi connectivity index (χ2v) is 7.86. The zero-order valence-corrected chi connectivity index (χ0v) is 13.8. The van der Waals surface area contributed by atoms with Gasteiger partial charge in [-0.2, -0.15) is 0 Å². The van der Waals surface area contributed by atoms with E-state index in [0.29, 0.717) is 5.69 Å². The van der Waals surface area contributed by atoms with Crippen LogP contribution >= 0.6 is 0 Å². The normalized spacial score (nSPS) is 33.1. The molecule has 4 bridgehead atoms. The van der Waals surface area contributed by atoms with Gasteiger partial charge in [-0.3, -0.25) is 0 Å². The molecule has 0 aromatic heterocycles. The number of hydrogen-bond donors (Lipinski definition) is 4. The number of nitrogens with two attached hydrogens (primary N) is 2. The van der Waals surface area contributed by atoms with Crippen LogP contribution in [-0.4, -0.2) is 17.5 Å². The number of guanidine groups is 1. The first-order valence-corrected chi connectivity index (χ1v) is 8.78. The smallest absolute Gasteiger partial charge is 0.319 e. The molecule has 0 aliphatic heterocycles. The zero-order valence-electron chi connectivity index (χ0n) is 13.8. The number of urea groups is 1. The van der Waals surface area contributed by atoms with E-state index in [2.05, 4.69) is 15.6 Å². The predicted molar refractivity (Wildman–Crippen MR) is 95.0 cm³/mol. The third-order valence-electron chi connectivity index (χ3n) is 5.80. The van der Waals surface area contributed by atoms with Gasteiger partial charge in [0.2, 0.25) is 0 Å². The van der Waals surface area contributed by atoms with Gasteiger partial charge in [0.15, 0.2) is 5.96 Å². The summed E-state index contributed by atoms with van der Waals surface area (Å²) in [6.45, 7) is 0. The Bertz CT molecular complexity index is 627. The molecule has 4 aliphatic rings. The lowest BCUT2D eigenvalue weighted by molar-refractivity contribution is -0.0127. The molecule has 0 saturated heterocycles. The van der Waals surface area contributed by atoms with Crippen molar-refractivity contribution in [2.75, 3.05) is 5.32 Å². The van der Waals surface area contributed by atoms with Crippen molar-refractivity contribution < 1.29 is 4.79 Å². The lowest BCUT2D eigenvalue weighted by atomic mass is 9.53. The van der Waals surface area contributed by atoms with Crippen molar-refractivity contribution in [1.29, 1.82) is 0 Å². The summed E-state index contributed by atoms with van der Waals surface area (Å²) < 4.78 is 0. The molecule has 24 heavy (non-hydrogen) atoms. The van der Waals surface area contributed by atoms with Crippen molar-refractivity contribution in [3.63, 3.8) is 0 Å². The molecule has 1 aromatic carbocycles. The second kappa shape index (κ2) is 5.69. The Hall–Kier alpha value is -2.24. The number of rotatable bonds is 3. The van der Waals surface area contributed by atoms with Gasteiger partial charge in [-0.05, 0) is 80.5 Å². The van der Waals surface area contributed by atoms with Crippen molar-refractivity contribution in [3.05, 3.63) is 24.3 Å². The predicted octanol–water partition coefficient (Wildman–Crippen LogP) is 2.68. The minimum atomic E-state index is -0.105. The Kier molecular flexibility index (Phi) is 3.62. The van der Waals surface area contributed by atoms with Crippen LogP contribution in [0.5, 0.6) is 0 Å². The monoisotopic (exact) mass is 327 g/mol. The lowest BCUT2D eigenvalue weighted by Crippen LogP contribution is -2.60. The van der Waals surface area contributed by atoms with Crippen LogP contribution in [0.3, 0.4) is 0 Å². The van der Waals surface area contributed by atoms with Crippen LogP contribution in [0.1, 0.15) is 38.5 Å². The van der Waals surface area contributed by atoms with Crippen molar-refractivity contribution in [3.8, 4) is 0 Å². The number of anilines is 1. The molecule has 2 amide bonds. The second-order valence-electron chi connectivity index (χ2n) is 7.86. The number of carbonyl (C=O) groups is 1. The van der Waals surface area contributed by atoms with E-state index < -0.39 is 0 Å². The van der Waals surface area contributed by atoms with E-state index in [9.17, 15) is 4.79 Å². The molecule has 6 N–H and O–H groups in total. The fraction of sp³-hybridized carbons (Fsp3) is 0.556. The summed E-state index contributed by atoms with van der Waals surface area (Å²) in [4.78, 5) is 16.4. The molecule has 0 heterocycles. The molecule has 6 nitrogen and oxygen atoms in total. The maximum atomic E-state index is 12.5. The quantitative estimate of drug-likeness (QED) is 0.506. The first kappa shape index (κ1) is 15.3. The van der Waals surface area contributed by atoms with E-state index in [1.54, 1.807) is 24.3 Å². The highest BCUT2D eigenvalue weighted by molar-refractivity contribution is 5.90. The summed E-state index contributed by atoms with van der Waals surface area (Å²) >= 11 is 0.